The number of esters is 1. The topological polar surface area (TPSA) is 95.9 Å². The Morgan fingerprint density at radius 3 is 2.94 bits per heavy atom. The van der Waals surface area contributed by atoms with E-state index in [1.54, 1.807) is 6.07 Å². The molecule has 0 aliphatic carbocycles. The van der Waals surface area contributed by atoms with Gasteiger partial charge in [-0.25, -0.2) is 19.4 Å². The summed E-state index contributed by atoms with van der Waals surface area (Å²) in [6, 6.07) is 1.56. The molecule has 0 saturated carbocycles. The second-order valence-electron chi connectivity index (χ2n) is 3.04. The minimum absolute atomic E-state index is 0.0600. The Kier molecular flexibility index (Phi) is 2.92. The third-order valence-corrected chi connectivity index (χ3v) is 2.23. The van der Waals surface area contributed by atoms with Gasteiger partial charge in [-0.1, -0.05) is 11.6 Å². The van der Waals surface area contributed by atoms with Crippen LogP contribution in [0, 0.1) is 0 Å². The third kappa shape index (κ3) is 2.18. The van der Waals surface area contributed by atoms with Crippen molar-refractivity contribution >= 4 is 23.4 Å². The van der Waals surface area contributed by atoms with Crippen LogP contribution in [0.2, 0.25) is 5.02 Å². The molecular weight excluding hydrogens is 246 g/mol. The fraction of sp³-hybridized carbons (Fsp3) is 0.111. The summed E-state index contributed by atoms with van der Waals surface area (Å²) in [5.74, 6) is -0.128. The molecule has 0 atom stereocenters. The molecule has 0 aromatic carbocycles. The van der Waals surface area contributed by atoms with Crippen LogP contribution in [0.25, 0.3) is 5.82 Å². The summed E-state index contributed by atoms with van der Waals surface area (Å²) in [4.78, 5) is 19.0. The fourth-order valence-corrected chi connectivity index (χ4v) is 1.28. The van der Waals surface area contributed by atoms with E-state index >= 15 is 0 Å². The summed E-state index contributed by atoms with van der Waals surface area (Å²) in [5.41, 5.74) is 5.50. The van der Waals surface area contributed by atoms with Gasteiger partial charge in [-0.05, 0) is 0 Å². The molecule has 0 saturated heterocycles. The van der Waals surface area contributed by atoms with Crippen LogP contribution >= 0.6 is 11.6 Å². The monoisotopic (exact) mass is 253 g/mol. The van der Waals surface area contributed by atoms with Crippen molar-refractivity contribution < 1.29 is 9.53 Å². The highest BCUT2D eigenvalue weighted by atomic mass is 35.5. The number of carbonyl (C=O) groups excluding carboxylic acids is 1. The zero-order chi connectivity index (χ0) is 12.4. The molecule has 2 rings (SSSR count). The first-order valence-electron chi connectivity index (χ1n) is 4.54. The summed E-state index contributed by atoms with van der Waals surface area (Å²) < 4.78 is 5.86. The Hall–Kier alpha value is -2.15. The van der Waals surface area contributed by atoms with E-state index < -0.39 is 5.97 Å². The Labute approximate surface area is 101 Å². The van der Waals surface area contributed by atoms with Crippen LogP contribution in [0.3, 0.4) is 0 Å². The lowest BCUT2D eigenvalue weighted by atomic mass is 10.5. The minimum Gasteiger partial charge on any atom is -0.463 e. The van der Waals surface area contributed by atoms with Crippen molar-refractivity contribution in [3.63, 3.8) is 0 Å². The van der Waals surface area contributed by atoms with Crippen molar-refractivity contribution in [1.82, 2.24) is 19.7 Å². The maximum Gasteiger partial charge on any atom is 0.376 e. The molecule has 7 nitrogen and oxygen atoms in total. The first kappa shape index (κ1) is 11.3. The second-order valence-corrected chi connectivity index (χ2v) is 3.44. The van der Waals surface area contributed by atoms with Crippen LogP contribution in [0.4, 0.5) is 5.82 Å². The second kappa shape index (κ2) is 4.38. The lowest BCUT2D eigenvalue weighted by Crippen LogP contribution is -2.10. The zero-order valence-corrected chi connectivity index (χ0v) is 9.55. The normalized spacial score (nSPS) is 10.2. The molecule has 0 spiro atoms. The predicted molar refractivity (Wildman–Crippen MR) is 59.9 cm³/mol. The van der Waals surface area contributed by atoms with Gasteiger partial charge in [-0.15, -0.1) is 5.10 Å². The number of aromatic nitrogens is 4. The molecule has 0 unspecified atom stereocenters. The quantitative estimate of drug-likeness (QED) is 0.791. The highest BCUT2D eigenvalue weighted by Gasteiger charge is 2.11. The van der Waals surface area contributed by atoms with E-state index in [9.17, 15) is 4.79 Å². The average molecular weight is 254 g/mol. The zero-order valence-electron chi connectivity index (χ0n) is 8.79. The minimum atomic E-state index is -0.627. The van der Waals surface area contributed by atoms with E-state index in [0.717, 1.165) is 0 Å². The van der Waals surface area contributed by atoms with E-state index in [1.165, 1.54) is 24.2 Å². The van der Waals surface area contributed by atoms with Gasteiger partial charge in [0.15, 0.2) is 11.6 Å². The van der Waals surface area contributed by atoms with Crippen molar-refractivity contribution in [3.8, 4) is 5.82 Å². The molecule has 88 valence electrons. The number of rotatable bonds is 2. The van der Waals surface area contributed by atoms with Crippen LogP contribution in [0.1, 0.15) is 10.6 Å². The standard InChI is InChI=1S/C9H8ClN5O2/c1-17-9(16)8-12-3-2-6(13-8)15-4-5(10)7(11)14-15/h2-4H,1H3,(H2,11,14). The van der Waals surface area contributed by atoms with Gasteiger partial charge in [-0.3, -0.25) is 0 Å². The molecule has 2 aromatic heterocycles. The molecule has 0 aliphatic rings. The molecule has 0 bridgehead atoms. The molecule has 0 aliphatic heterocycles. The molecular formula is C9H8ClN5O2. The van der Waals surface area contributed by atoms with Gasteiger partial charge in [0, 0.05) is 12.3 Å². The summed E-state index contributed by atoms with van der Waals surface area (Å²) in [5, 5.41) is 4.24. The van der Waals surface area contributed by atoms with E-state index in [1.807, 2.05) is 0 Å². The van der Waals surface area contributed by atoms with Gasteiger partial charge in [0.25, 0.3) is 0 Å². The van der Waals surface area contributed by atoms with Gasteiger partial charge in [0.2, 0.25) is 5.82 Å². The van der Waals surface area contributed by atoms with E-state index in [4.69, 9.17) is 17.3 Å². The summed E-state index contributed by atoms with van der Waals surface area (Å²) >= 11 is 5.77. The van der Waals surface area contributed by atoms with Gasteiger partial charge in [-0.2, -0.15) is 0 Å². The van der Waals surface area contributed by atoms with Gasteiger partial charge < -0.3 is 10.5 Å². The molecule has 2 heterocycles. The Morgan fingerprint density at radius 2 is 2.35 bits per heavy atom. The van der Waals surface area contributed by atoms with Crippen molar-refractivity contribution in [1.29, 1.82) is 0 Å². The molecule has 0 fully saturated rings. The Morgan fingerprint density at radius 1 is 1.59 bits per heavy atom. The maximum absolute atomic E-state index is 11.2. The fourth-order valence-electron chi connectivity index (χ4n) is 1.15. The molecule has 17 heavy (non-hydrogen) atoms. The van der Waals surface area contributed by atoms with Crippen LogP contribution < -0.4 is 5.73 Å². The van der Waals surface area contributed by atoms with Crippen LogP contribution in [0.5, 0.6) is 0 Å². The average Bonchev–Trinajstić information content (AvgIpc) is 2.69. The molecule has 8 heteroatoms. The van der Waals surface area contributed by atoms with Gasteiger partial charge in [0.05, 0.1) is 13.3 Å². The molecule has 2 N–H and O–H groups in total. The van der Waals surface area contributed by atoms with E-state index in [0.29, 0.717) is 10.8 Å². The number of ether oxygens (including phenoxy) is 1. The molecule has 0 amide bonds. The number of hydrogen-bond acceptors (Lipinski definition) is 6. The van der Waals surface area contributed by atoms with Crippen molar-refractivity contribution in [2.45, 2.75) is 0 Å². The Bertz CT molecular complexity index is 549. The first-order valence-corrected chi connectivity index (χ1v) is 4.92. The number of nitrogens with zero attached hydrogens (tertiary/aromatic N) is 4. The maximum atomic E-state index is 11.2. The number of methoxy groups -OCH3 is 1. The SMILES string of the molecule is COC(=O)c1nccc(-n2cc(Cl)c(N)n2)n1. The smallest absolute Gasteiger partial charge is 0.376 e. The van der Waals surface area contributed by atoms with Gasteiger partial charge >= 0.3 is 5.97 Å². The molecule has 2 aromatic rings. The van der Waals surface area contributed by atoms with E-state index in [2.05, 4.69) is 19.8 Å². The van der Waals surface area contributed by atoms with E-state index in [-0.39, 0.29) is 11.6 Å². The first-order chi connectivity index (χ1) is 8.11. The van der Waals surface area contributed by atoms with Crippen LogP contribution in [0.15, 0.2) is 18.5 Å². The number of hydrogen-bond donors (Lipinski definition) is 1. The lowest BCUT2D eigenvalue weighted by Gasteiger charge is -2.01. The van der Waals surface area contributed by atoms with Crippen molar-refractivity contribution in [3.05, 3.63) is 29.3 Å². The number of carbonyl (C=O) groups is 1. The lowest BCUT2D eigenvalue weighted by molar-refractivity contribution is 0.0586. The third-order valence-electron chi connectivity index (χ3n) is 1.94. The van der Waals surface area contributed by atoms with Crippen molar-refractivity contribution in [2.24, 2.45) is 0 Å². The Balaban J connectivity index is 2.42. The van der Waals surface area contributed by atoms with Crippen LogP contribution in [-0.4, -0.2) is 32.8 Å². The summed E-state index contributed by atoms with van der Waals surface area (Å²) in [7, 11) is 1.25. The summed E-state index contributed by atoms with van der Waals surface area (Å²) in [6.07, 6.45) is 2.90. The highest BCUT2D eigenvalue weighted by Crippen LogP contribution is 2.17. The van der Waals surface area contributed by atoms with Crippen molar-refractivity contribution in [2.75, 3.05) is 12.8 Å². The van der Waals surface area contributed by atoms with Crippen LogP contribution in [-0.2, 0) is 4.74 Å². The summed E-state index contributed by atoms with van der Waals surface area (Å²) in [6.45, 7) is 0. The van der Waals surface area contributed by atoms with Gasteiger partial charge in [0.1, 0.15) is 5.02 Å². The predicted octanol–water partition coefficient (Wildman–Crippen LogP) is 0.684. The number of nitrogens with two attached hydrogens (primary N) is 1. The largest absolute Gasteiger partial charge is 0.463 e. The molecule has 0 radical (unpaired) electrons. The number of anilines is 1. The number of halogens is 1. The number of nitrogen functional groups attached to an aromatic ring is 1. The highest BCUT2D eigenvalue weighted by molar-refractivity contribution is 6.32.